The second-order valence-corrected chi connectivity index (χ2v) is 5.68. The van der Waals surface area contributed by atoms with E-state index in [0.29, 0.717) is 16.4 Å². The highest BCUT2D eigenvalue weighted by atomic mass is 35.5. The molecule has 0 saturated heterocycles. The summed E-state index contributed by atoms with van der Waals surface area (Å²) in [5.74, 6) is 0.951. The van der Waals surface area contributed by atoms with Crippen molar-refractivity contribution < 1.29 is 4.79 Å². The van der Waals surface area contributed by atoms with Crippen LogP contribution in [0, 0.1) is 0 Å². The van der Waals surface area contributed by atoms with Crippen molar-refractivity contribution in [3.63, 3.8) is 0 Å². The minimum Gasteiger partial charge on any atom is -0.397 e. The van der Waals surface area contributed by atoms with E-state index in [4.69, 9.17) is 17.3 Å². The summed E-state index contributed by atoms with van der Waals surface area (Å²) in [6, 6.07) is 4.60. The summed E-state index contributed by atoms with van der Waals surface area (Å²) in [6.45, 7) is 5.90. The molecule has 112 valence electrons. The van der Waals surface area contributed by atoms with Crippen molar-refractivity contribution in [3.8, 4) is 0 Å². The number of hydrogen-bond donors (Lipinski definition) is 2. The van der Waals surface area contributed by atoms with E-state index in [1.807, 2.05) is 25.3 Å². The molecular formula is C15H19ClN4O. The van der Waals surface area contributed by atoms with Crippen molar-refractivity contribution in [2.75, 3.05) is 11.1 Å². The molecule has 0 radical (unpaired) electrons. The molecule has 3 N–H and O–H groups in total. The largest absolute Gasteiger partial charge is 0.397 e. The van der Waals surface area contributed by atoms with Crippen LogP contribution in [0.25, 0.3) is 0 Å². The minimum absolute atomic E-state index is 0.163. The number of nitrogens with two attached hydrogens (primary N) is 1. The van der Waals surface area contributed by atoms with Crippen LogP contribution in [0.15, 0.2) is 30.6 Å². The Hall–Kier alpha value is -2.01. The monoisotopic (exact) mass is 306 g/mol. The number of amides is 1. The van der Waals surface area contributed by atoms with Gasteiger partial charge in [-0.2, -0.15) is 0 Å². The van der Waals surface area contributed by atoms with E-state index in [-0.39, 0.29) is 17.9 Å². The van der Waals surface area contributed by atoms with Crippen molar-refractivity contribution >= 4 is 28.9 Å². The average Bonchev–Trinajstić information content (AvgIpc) is 2.91. The predicted molar refractivity (Wildman–Crippen MR) is 85.5 cm³/mol. The van der Waals surface area contributed by atoms with Gasteiger partial charge in [0.2, 0.25) is 5.91 Å². The van der Waals surface area contributed by atoms with Gasteiger partial charge >= 0.3 is 0 Å². The van der Waals surface area contributed by atoms with Crippen LogP contribution < -0.4 is 11.1 Å². The molecule has 2 rings (SSSR count). The molecule has 1 amide bonds. The standard InChI is InChI=1S/C15H19ClN4O/c1-9(2)14-18-6-7-20(14)10(3)15(21)19-13-8-11(16)4-5-12(13)17/h4-10H,17H2,1-3H3,(H,19,21). The van der Waals surface area contributed by atoms with E-state index in [9.17, 15) is 4.79 Å². The first-order chi connectivity index (χ1) is 9.90. The van der Waals surface area contributed by atoms with Crippen LogP contribution in [0.2, 0.25) is 5.02 Å². The summed E-state index contributed by atoms with van der Waals surface area (Å²) in [6.07, 6.45) is 3.51. The van der Waals surface area contributed by atoms with Crippen LogP contribution in [0.3, 0.4) is 0 Å². The molecule has 0 aliphatic heterocycles. The lowest BCUT2D eigenvalue weighted by molar-refractivity contribution is -0.118. The van der Waals surface area contributed by atoms with Crippen molar-refractivity contribution in [2.24, 2.45) is 0 Å². The number of carbonyl (C=O) groups excluding carboxylic acids is 1. The van der Waals surface area contributed by atoms with Gasteiger partial charge in [-0.3, -0.25) is 4.79 Å². The molecular weight excluding hydrogens is 288 g/mol. The van der Waals surface area contributed by atoms with Crippen molar-refractivity contribution in [3.05, 3.63) is 41.4 Å². The first-order valence-corrected chi connectivity index (χ1v) is 7.16. The van der Waals surface area contributed by atoms with Gasteiger partial charge in [-0.25, -0.2) is 4.98 Å². The van der Waals surface area contributed by atoms with Gasteiger partial charge < -0.3 is 15.6 Å². The lowest BCUT2D eigenvalue weighted by atomic mass is 10.2. The molecule has 21 heavy (non-hydrogen) atoms. The number of anilines is 2. The zero-order valence-electron chi connectivity index (χ0n) is 12.3. The fraction of sp³-hybridized carbons (Fsp3) is 0.333. The lowest BCUT2D eigenvalue weighted by Crippen LogP contribution is -2.25. The number of rotatable bonds is 4. The first kappa shape index (κ1) is 15.4. The highest BCUT2D eigenvalue weighted by molar-refractivity contribution is 6.31. The van der Waals surface area contributed by atoms with Gasteiger partial charge in [-0.1, -0.05) is 25.4 Å². The lowest BCUT2D eigenvalue weighted by Gasteiger charge is -2.18. The SMILES string of the molecule is CC(C)c1nccn1C(C)C(=O)Nc1cc(Cl)ccc1N. The summed E-state index contributed by atoms with van der Waals surface area (Å²) in [5, 5.41) is 3.33. The smallest absolute Gasteiger partial charge is 0.247 e. The van der Waals surface area contributed by atoms with Crippen molar-refractivity contribution in [2.45, 2.75) is 32.7 Å². The zero-order chi connectivity index (χ0) is 15.6. The van der Waals surface area contributed by atoms with E-state index >= 15 is 0 Å². The number of aromatic nitrogens is 2. The molecule has 5 nitrogen and oxygen atoms in total. The fourth-order valence-electron chi connectivity index (χ4n) is 2.10. The summed E-state index contributed by atoms with van der Waals surface area (Å²) in [7, 11) is 0. The highest BCUT2D eigenvalue weighted by Crippen LogP contribution is 2.24. The van der Waals surface area contributed by atoms with Gasteiger partial charge in [0.05, 0.1) is 11.4 Å². The third-order valence-electron chi connectivity index (χ3n) is 3.28. The zero-order valence-corrected chi connectivity index (χ0v) is 13.1. The maximum absolute atomic E-state index is 12.4. The van der Waals surface area contributed by atoms with Crippen LogP contribution in [-0.4, -0.2) is 15.5 Å². The number of imidazole rings is 1. The van der Waals surface area contributed by atoms with Gasteiger partial charge in [0.25, 0.3) is 0 Å². The number of halogens is 1. The number of benzene rings is 1. The number of nitrogens with zero attached hydrogens (tertiary/aromatic N) is 2. The van der Waals surface area contributed by atoms with E-state index in [1.165, 1.54) is 0 Å². The fourth-order valence-corrected chi connectivity index (χ4v) is 2.27. The molecule has 0 bridgehead atoms. The molecule has 1 aromatic heterocycles. The molecule has 0 spiro atoms. The maximum Gasteiger partial charge on any atom is 0.247 e. The Balaban J connectivity index is 2.20. The molecule has 1 atom stereocenters. The topological polar surface area (TPSA) is 72.9 Å². The van der Waals surface area contributed by atoms with Gasteiger partial charge in [0, 0.05) is 23.3 Å². The summed E-state index contributed by atoms with van der Waals surface area (Å²) in [4.78, 5) is 16.7. The summed E-state index contributed by atoms with van der Waals surface area (Å²) >= 11 is 5.92. The Bertz CT molecular complexity index is 651. The van der Waals surface area contributed by atoms with Gasteiger partial charge in [-0.15, -0.1) is 0 Å². The molecule has 2 aromatic rings. The Labute approximate surface area is 129 Å². The number of nitrogens with one attached hydrogen (secondary N) is 1. The molecule has 1 aromatic carbocycles. The molecule has 1 unspecified atom stereocenters. The van der Waals surface area contributed by atoms with Crippen LogP contribution >= 0.6 is 11.6 Å². The minimum atomic E-state index is -0.386. The molecule has 0 fully saturated rings. The number of carbonyl (C=O) groups is 1. The van der Waals surface area contributed by atoms with E-state index in [1.54, 1.807) is 30.6 Å². The van der Waals surface area contributed by atoms with Gasteiger partial charge in [-0.05, 0) is 25.1 Å². The van der Waals surface area contributed by atoms with Crippen LogP contribution in [0.5, 0.6) is 0 Å². The van der Waals surface area contributed by atoms with E-state index in [0.717, 1.165) is 5.82 Å². The first-order valence-electron chi connectivity index (χ1n) is 6.78. The molecule has 0 saturated carbocycles. The van der Waals surface area contributed by atoms with E-state index in [2.05, 4.69) is 10.3 Å². The Morgan fingerprint density at radius 2 is 2.10 bits per heavy atom. The number of nitrogen functional groups attached to an aromatic ring is 1. The summed E-state index contributed by atoms with van der Waals surface area (Å²) in [5.41, 5.74) is 6.84. The maximum atomic E-state index is 12.4. The van der Waals surface area contributed by atoms with Crippen LogP contribution in [0.4, 0.5) is 11.4 Å². The van der Waals surface area contributed by atoms with Crippen molar-refractivity contribution in [1.29, 1.82) is 0 Å². The quantitative estimate of drug-likeness (QED) is 0.850. The molecule has 0 aliphatic carbocycles. The summed E-state index contributed by atoms with van der Waals surface area (Å²) < 4.78 is 1.86. The number of hydrogen-bond acceptors (Lipinski definition) is 3. The Morgan fingerprint density at radius 3 is 2.76 bits per heavy atom. The van der Waals surface area contributed by atoms with E-state index < -0.39 is 0 Å². The normalized spacial score (nSPS) is 12.4. The molecule has 6 heteroatoms. The van der Waals surface area contributed by atoms with Crippen LogP contribution in [0.1, 0.15) is 38.6 Å². The predicted octanol–water partition coefficient (Wildman–Crippen LogP) is 3.44. The second kappa shape index (κ2) is 6.18. The Morgan fingerprint density at radius 1 is 1.38 bits per heavy atom. The van der Waals surface area contributed by atoms with Crippen LogP contribution in [-0.2, 0) is 4.79 Å². The molecule has 0 aliphatic rings. The highest BCUT2D eigenvalue weighted by Gasteiger charge is 2.19. The van der Waals surface area contributed by atoms with Crippen molar-refractivity contribution in [1.82, 2.24) is 9.55 Å². The van der Waals surface area contributed by atoms with Gasteiger partial charge in [0.1, 0.15) is 11.9 Å². The second-order valence-electron chi connectivity index (χ2n) is 5.24. The Kier molecular flexibility index (Phi) is 4.53. The van der Waals surface area contributed by atoms with Gasteiger partial charge in [0.15, 0.2) is 0 Å². The third kappa shape index (κ3) is 3.36. The third-order valence-corrected chi connectivity index (χ3v) is 3.52. The molecule has 1 heterocycles. The average molecular weight is 307 g/mol.